The van der Waals surface area contributed by atoms with Gasteiger partial charge in [-0.25, -0.2) is 0 Å². The lowest BCUT2D eigenvalue weighted by molar-refractivity contribution is 0.124. The summed E-state index contributed by atoms with van der Waals surface area (Å²) in [6.07, 6.45) is 5.03. The molecule has 1 aromatic rings. The average molecular weight is 246 g/mol. The fourth-order valence-electron chi connectivity index (χ4n) is 2.99. The van der Waals surface area contributed by atoms with Crippen LogP contribution in [0.1, 0.15) is 24.8 Å². The van der Waals surface area contributed by atoms with Gasteiger partial charge >= 0.3 is 0 Å². The number of hydrogen-bond donors (Lipinski definition) is 1. The number of likely N-dealkylation sites (N-methyl/N-ethyl adjacent to an activating group) is 1. The zero-order valence-corrected chi connectivity index (χ0v) is 11.1. The molecule has 1 N–H and O–H groups in total. The van der Waals surface area contributed by atoms with Gasteiger partial charge in [-0.15, -0.1) is 0 Å². The van der Waals surface area contributed by atoms with E-state index in [4.69, 9.17) is 4.74 Å². The van der Waals surface area contributed by atoms with Gasteiger partial charge in [-0.05, 0) is 45.0 Å². The van der Waals surface area contributed by atoms with Gasteiger partial charge in [-0.2, -0.15) is 0 Å². The third kappa shape index (κ3) is 2.32. The van der Waals surface area contributed by atoms with Crippen LogP contribution in [0.25, 0.3) is 0 Å². The van der Waals surface area contributed by atoms with E-state index in [2.05, 4.69) is 35.5 Å². The van der Waals surface area contributed by atoms with E-state index in [1.54, 1.807) is 0 Å². The topological polar surface area (TPSA) is 24.5 Å². The van der Waals surface area contributed by atoms with Crippen molar-refractivity contribution in [2.24, 2.45) is 0 Å². The molecule has 1 aromatic carbocycles. The van der Waals surface area contributed by atoms with Gasteiger partial charge in [0.1, 0.15) is 12.4 Å². The first kappa shape index (κ1) is 11.8. The predicted octanol–water partition coefficient (Wildman–Crippen LogP) is 2.52. The molecule has 1 atom stereocenters. The van der Waals surface area contributed by atoms with Crippen LogP contribution in [0.15, 0.2) is 18.2 Å². The van der Waals surface area contributed by atoms with E-state index in [0.29, 0.717) is 6.04 Å². The van der Waals surface area contributed by atoms with Crippen molar-refractivity contribution in [1.29, 1.82) is 0 Å². The summed E-state index contributed by atoms with van der Waals surface area (Å²) >= 11 is 0. The molecule has 98 valence electrons. The molecule has 0 radical (unpaired) electrons. The Morgan fingerprint density at radius 1 is 1.39 bits per heavy atom. The Labute approximate surface area is 109 Å². The van der Waals surface area contributed by atoms with Crippen LogP contribution >= 0.6 is 0 Å². The van der Waals surface area contributed by atoms with Gasteiger partial charge in [0.2, 0.25) is 0 Å². The Bertz CT molecular complexity index is 419. The van der Waals surface area contributed by atoms with Crippen LogP contribution in [-0.2, 0) is 6.42 Å². The molecule has 3 nitrogen and oxygen atoms in total. The van der Waals surface area contributed by atoms with Crippen LogP contribution in [0.4, 0.5) is 5.69 Å². The number of ether oxygens (including phenoxy) is 1. The monoisotopic (exact) mass is 246 g/mol. The van der Waals surface area contributed by atoms with Crippen molar-refractivity contribution in [3.8, 4) is 5.75 Å². The third-order valence-corrected chi connectivity index (χ3v) is 4.18. The number of benzene rings is 1. The van der Waals surface area contributed by atoms with E-state index in [1.807, 2.05) is 0 Å². The fraction of sp³-hybridized carbons (Fsp3) is 0.600. The summed E-state index contributed by atoms with van der Waals surface area (Å²) in [6, 6.07) is 6.91. The van der Waals surface area contributed by atoms with E-state index < -0.39 is 0 Å². The molecule has 0 aliphatic carbocycles. The number of piperidine rings is 1. The SMILES string of the molecule is CN1CCCCC1COc1cccc2c1CCN2. The first-order chi connectivity index (χ1) is 8.84. The minimum absolute atomic E-state index is 0.587. The molecule has 3 rings (SSSR count). The van der Waals surface area contributed by atoms with Crippen molar-refractivity contribution < 1.29 is 4.74 Å². The number of anilines is 1. The molecule has 0 saturated carbocycles. The van der Waals surface area contributed by atoms with Crippen LogP contribution in [-0.4, -0.2) is 37.7 Å². The molecule has 2 aliphatic rings. The number of hydrogen-bond acceptors (Lipinski definition) is 3. The van der Waals surface area contributed by atoms with Crippen LogP contribution < -0.4 is 10.1 Å². The first-order valence-electron chi connectivity index (χ1n) is 7.03. The zero-order chi connectivity index (χ0) is 12.4. The van der Waals surface area contributed by atoms with Crippen LogP contribution in [0.5, 0.6) is 5.75 Å². The zero-order valence-electron chi connectivity index (χ0n) is 11.1. The standard InChI is InChI=1S/C15H22N2O/c1-17-10-3-2-5-12(17)11-18-15-7-4-6-14-13(15)8-9-16-14/h4,6-7,12,16H,2-3,5,8-11H2,1H3. The van der Waals surface area contributed by atoms with Crippen LogP contribution in [0.3, 0.4) is 0 Å². The second-order valence-electron chi connectivity index (χ2n) is 5.40. The maximum Gasteiger partial charge on any atom is 0.124 e. The Morgan fingerprint density at radius 3 is 3.22 bits per heavy atom. The Morgan fingerprint density at radius 2 is 2.33 bits per heavy atom. The molecule has 3 heteroatoms. The number of likely N-dealkylation sites (tertiary alicyclic amines) is 1. The Hall–Kier alpha value is -1.22. The molecule has 2 aliphatic heterocycles. The van der Waals surface area contributed by atoms with Gasteiger partial charge in [-0.3, -0.25) is 0 Å². The molecule has 0 amide bonds. The Kier molecular flexibility index (Phi) is 3.41. The lowest BCUT2D eigenvalue weighted by Gasteiger charge is -2.32. The highest BCUT2D eigenvalue weighted by Crippen LogP contribution is 2.31. The van der Waals surface area contributed by atoms with Crippen molar-refractivity contribution >= 4 is 5.69 Å². The average Bonchev–Trinajstić information content (AvgIpc) is 2.86. The maximum absolute atomic E-state index is 6.08. The summed E-state index contributed by atoms with van der Waals surface area (Å²) in [7, 11) is 2.21. The molecule has 0 spiro atoms. The number of nitrogens with zero attached hydrogens (tertiary/aromatic N) is 1. The van der Waals surface area contributed by atoms with Gasteiger partial charge in [-0.1, -0.05) is 12.5 Å². The molecule has 18 heavy (non-hydrogen) atoms. The van der Waals surface area contributed by atoms with Crippen molar-refractivity contribution in [1.82, 2.24) is 4.90 Å². The van der Waals surface area contributed by atoms with Crippen molar-refractivity contribution in [3.63, 3.8) is 0 Å². The van der Waals surface area contributed by atoms with E-state index in [1.165, 1.54) is 37.1 Å². The van der Waals surface area contributed by atoms with Gasteiger partial charge in [0.25, 0.3) is 0 Å². The highest BCUT2D eigenvalue weighted by Gasteiger charge is 2.21. The number of fused-ring (bicyclic) bond motifs is 1. The van der Waals surface area contributed by atoms with Gasteiger partial charge in [0, 0.05) is 23.8 Å². The molecule has 1 unspecified atom stereocenters. The van der Waals surface area contributed by atoms with E-state index >= 15 is 0 Å². The highest BCUT2D eigenvalue weighted by atomic mass is 16.5. The molecule has 0 aromatic heterocycles. The maximum atomic E-state index is 6.08. The molecule has 1 saturated heterocycles. The normalized spacial score (nSPS) is 23.5. The largest absolute Gasteiger partial charge is 0.492 e. The van der Waals surface area contributed by atoms with E-state index in [0.717, 1.165) is 25.3 Å². The molecule has 2 heterocycles. The smallest absolute Gasteiger partial charge is 0.124 e. The predicted molar refractivity (Wildman–Crippen MR) is 74.4 cm³/mol. The van der Waals surface area contributed by atoms with Crippen molar-refractivity contribution in [2.75, 3.05) is 32.1 Å². The van der Waals surface area contributed by atoms with Gasteiger partial charge in [0.05, 0.1) is 0 Å². The van der Waals surface area contributed by atoms with Crippen molar-refractivity contribution in [2.45, 2.75) is 31.7 Å². The number of nitrogens with one attached hydrogen (secondary N) is 1. The molecule has 1 fully saturated rings. The summed E-state index contributed by atoms with van der Waals surface area (Å²) < 4.78 is 6.08. The highest BCUT2D eigenvalue weighted by molar-refractivity contribution is 5.61. The third-order valence-electron chi connectivity index (χ3n) is 4.18. The molecule has 0 bridgehead atoms. The number of rotatable bonds is 3. The summed E-state index contributed by atoms with van der Waals surface area (Å²) in [5.41, 5.74) is 2.61. The summed E-state index contributed by atoms with van der Waals surface area (Å²) in [5, 5.41) is 3.40. The fourth-order valence-corrected chi connectivity index (χ4v) is 2.99. The molecular formula is C15H22N2O. The minimum atomic E-state index is 0.587. The van der Waals surface area contributed by atoms with Crippen LogP contribution in [0, 0.1) is 0 Å². The lowest BCUT2D eigenvalue weighted by atomic mass is 10.0. The minimum Gasteiger partial charge on any atom is -0.492 e. The quantitative estimate of drug-likeness (QED) is 0.887. The Balaban J connectivity index is 1.65. The van der Waals surface area contributed by atoms with E-state index in [9.17, 15) is 0 Å². The van der Waals surface area contributed by atoms with Gasteiger partial charge in [0.15, 0.2) is 0 Å². The first-order valence-corrected chi connectivity index (χ1v) is 7.03. The lowest BCUT2D eigenvalue weighted by Crippen LogP contribution is -2.40. The summed E-state index contributed by atoms with van der Waals surface area (Å²) in [5.74, 6) is 1.08. The molecular weight excluding hydrogens is 224 g/mol. The second kappa shape index (κ2) is 5.19. The van der Waals surface area contributed by atoms with E-state index in [-0.39, 0.29) is 0 Å². The van der Waals surface area contributed by atoms with Crippen molar-refractivity contribution in [3.05, 3.63) is 23.8 Å². The summed E-state index contributed by atoms with van der Waals surface area (Å²) in [6.45, 7) is 3.08. The second-order valence-corrected chi connectivity index (χ2v) is 5.40. The summed E-state index contributed by atoms with van der Waals surface area (Å²) in [4.78, 5) is 2.44. The van der Waals surface area contributed by atoms with Crippen LogP contribution in [0.2, 0.25) is 0 Å². The van der Waals surface area contributed by atoms with Gasteiger partial charge < -0.3 is 15.0 Å².